The average molecular weight is 878 g/mol. The fourth-order valence-corrected chi connectivity index (χ4v) is 2.30. The van der Waals surface area contributed by atoms with Crippen LogP contribution in [0.25, 0.3) is 5.32 Å². The van der Waals surface area contributed by atoms with Crippen LogP contribution in [0.3, 0.4) is 0 Å². The van der Waals surface area contributed by atoms with Crippen LogP contribution in [-0.2, 0) is 55.1 Å². The van der Waals surface area contributed by atoms with Gasteiger partial charge in [-0.25, -0.2) is 0 Å². The van der Waals surface area contributed by atoms with Crippen molar-refractivity contribution in [2.24, 2.45) is 4.99 Å². The van der Waals surface area contributed by atoms with Gasteiger partial charge in [0, 0.05) is 13.1 Å². The normalized spacial score (nSPS) is 10.1. The van der Waals surface area contributed by atoms with Gasteiger partial charge in [0.2, 0.25) is 0 Å². The van der Waals surface area contributed by atoms with E-state index in [0.717, 1.165) is 18.8 Å². The number of hydrogen-bond donors (Lipinski definition) is 0. The monoisotopic (exact) mass is 877 g/mol. The minimum Gasteiger partial charge on any atom is 4.00 e. The summed E-state index contributed by atoms with van der Waals surface area (Å²) in [6.45, 7) is 8.04. The summed E-state index contributed by atoms with van der Waals surface area (Å²) in [4.78, 5) is 8.51. The van der Waals surface area contributed by atoms with E-state index in [9.17, 15) is 0 Å². The second-order valence-electron chi connectivity index (χ2n) is 7.60. The Hall–Kier alpha value is 0.223. The van der Waals surface area contributed by atoms with E-state index in [1.807, 2.05) is 38.1 Å². The molecule has 0 N–H and O–H groups in total. The van der Waals surface area contributed by atoms with Gasteiger partial charge in [-0.1, -0.05) is 43.7 Å². The predicted molar refractivity (Wildman–Crippen MR) is 133 cm³/mol. The molecule has 2 aromatic rings. The molecule has 0 spiro atoms. The van der Waals surface area contributed by atoms with Gasteiger partial charge >= 0.3 is 62.1 Å². The second-order valence-corrected chi connectivity index (χ2v) is 21.3. The molecular formula is C23H34BrClHgN4Pt+2. The second kappa shape index (κ2) is 20.8. The summed E-state index contributed by atoms with van der Waals surface area (Å²) in [5.74, 6) is 0. The summed E-state index contributed by atoms with van der Waals surface area (Å²) < 4.78 is 0. The molecule has 8 heteroatoms. The molecule has 31 heavy (non-hydrogen) atoms. The molecule has 2 aromatic carbocycles. The van der Waals surface area contributed by atoms with Crippen LogP contribution < -0.4 is 0 Å². The molecule has 0 aromatic heterocycles. The van der Waals surface area contributed by atoms with Gasteiger partial charge in [-0.2, -0.15) is 24.3 Å². The topological polar surface area (TPSA) is 32.9 Å². The van der Waals surface area contributed by atoms with Crippen LogP contribution in [0.15, 0.2) is 47.5 Å². The Morgan fingerprint density at radius 1 is 1.03 bits per heavy atom. The van der Waals surface area contributed by atoms with Crippen LogP contribution in [0.2, 0.25) is 0 Å². The van der Waals surface area contributed by atoms with Crippen molar-refractivity contribution >= 4 is 32.2 Å². The maximum absolute atomic E-state index is 5.14. The molecule has 2 rings (SSSR count). The molecule has 0 fully saturated rings. The van der Waals surface area contributed by atoms with E-state index in [4.69, 9.17) is 8.25 Å². The molecule has 0 atom stereocenters. The molecule has 170 valence electrons. The molecule has 0 amide bonds. The van der Waals surface area contributed by atoms with E-state index < -0.39 is 20.9 Å². The SMILES string of the molecule is CN(C)Cc1[c-]c(CN(C)C)ccc1.Cc1ccc(N=C[N-]C(C)C)cc1.[Cl][Hg][Br].[Pt+4]. The van der Waals surface area contributed by atoms with E-state index >= 15 is 0 Å². The van der Waals surface area contributed by atoms with Crippen molar-refractivity contribution in [3.63, 3.8) is 0 Å². The van der Waals surface area contributed by atoms with Crippen molar-refractivity contribution in [1.82, 2.24) is 9.80 Å². The van der Waals surface area contributed by atoms with Crippen LogP contribution in [0.1, 0.15) is 30.5 Å². The Morgan fingerprint density at radius 3 is 1.87 bits per heavy atom. The number of aliphatic imine (C=N–C) groups is 1. The third kappa shape index (κ3) is 20.6. The largest absolute Gasteiger partial charge is 4.00 e. The van der Waals surface area contributed by atoms with Gasteiger partial charge in [-0.15, -0.1) is 17.5 Å². The zero-order valence-corrected chi connectivity index (χ0v) is 29.8. The van der Waals surface area contributed by atoms with Crippen LogP contribution in [0.5, 0.6) is 0 Å². The van der Waals surface area contributed by atoms with E-state index in [1.165, 1.54) is 16.7 Å². The molecule has 0 aliphatic heterocycles. The van der Waals surface area contributed by atoms with Gasteiger partial charge in [0.1, 0.15) is 0 Å². The number of halogens is 2. The minimum absolute atomic E-state index is 0. The quantitative estimate of drug-likeness (QED) is 0.137. The fourth-order valence-electron chi connectivity index (χ4n) is 2.30. The third-order valence-corrected chi connectivity index (χ3v) is 3.49. The van der Waals surface area contributed by atoms with Gasteiger partial charge in [0.15, 0.2) is 0 Å². The Bertz CT molecular complexity index is 688. The van der Waals surface area contributed by atoms with Crippen molar-refractivity contribution in [3.05, 3.63) is 70.5 Å². The maximum atomic E-state index is 5.14. The van der Waals surface area contributed by atoms with Crippen molar-refractivity contribution in [2.45, 2.75) is 39.9 Å². The molecule has 4 nitrogen and oxygen atoms in total. The number of rotatable bonds is 7. The van der Waals surface area contributed by atoms with Gasteiger partial charge in [-0.05, 0) is 46.8 Å². The molecule has 0 unspecified atom stereocenters. The van der Waals surface area contributed by atoms with E-state index in [2.05, 4.69) is 91.4 Å². The Kier molecular flexibility index (Phi) is 22.4. The summed E-state index contributed by atoms with van der Waals surface area (Å²) in [5.41, 5.74) is 4.72. The van der Waals surface area contributed by atoms with Gasteiger partial charge < -0.3 is 20.1 Å². The van der Waals surface area contributed by atoms with Crippen LogP contribution in [-0.4, -0.2) is 50.4 Å². The summed E-state index contributed by atoms with van der Waals surface area (Å²) in [6.07, 6.45) is 1.62. The zero-order chi connectivity index (χ0) is 22.9. The molecule has 0 heterocycles. The standard InChI is InChI=1S/C12H19N2.C11H15N2.BrH.ClH.Hg.Pt/c1-13(2)9-11-6-5-7-12(8-11)10-14(3)4;1-9(2)12-8-13-11-6-4-10(3)5-7-11;;;;/h5-7H,9-10H2,1-4H3;4-9H,1-3H3;2*1H;;/q2*-1;;;+2;+4/p-2. The first kappa shape index (κ1) is 33.4. The molecular weight excluding hydrogens is 843 g/mol. The van der Waals surface area contributed by atoms with Crippen molar-refractivity contribution in [1.29, 1.82) is 0 Å². The van der Waals surface area contributed by atoms with Crippen molar-refractivity contribution in [2.75, 3.05) is 28.2 Å². The third-order valence-electron chi connectivity index (χ3n) is 3.49. The summed E-state index contributed by atoms with van der Waals surface area (Å²) in [5, 5.41) is 4.15. The first-order valence-corrected chi connectivity index (χ1v) is 28.6. The molecule has 0 aliphatic carbocycles. The average Bonchev–Trinajstić information content (AvgIpc) is 2.63. The Labute approximate surface area is 225 Å². The number of aryl methyl sites for hydroxylation is 1. The minimum atomic E-state index is -0.799. The smallest absolute Gasteiger partial charge is 4.00 e. The molecule has 0 aliphatic rings. The van der Waals surface area contributed by atoms with Gasteiger partial charge in [-0.3, -0.25) is 0 Å². The molecule has 0 saturated carbocycles. The van der Waals surface area contributed by atoms with E-state index in [0.29, 0.717) is 6.04 Å². The maximum Gasteiger partial charge on any atom is 4.00 e. The molecule has 0 saturated heterocycles. The van der Waals surface area contributed by atoms with Gasteiger partial charge in [0.25, 0.3) is 0 Å². The number of benzene rings is 2. The molecule has 0 bridgehead atoms. The Morgan fingerprint density at radius 2 is 1.48 bits per heavy atom. The zero-order valence-electron chi connectivity index (χ0n) is 19.7. The Balaban J connectivity index is 0. The summed E-state index contributed by atoms with van der Waals surface area (Å²) >= 11 is 2.33. The summed E-state index contributed by atoms with van der Waals surface area (Å²) in [7, 11) is 13.4. The van der Waals surface area contributed by atoms with E-state index in [-0.39, 0.29) is 21.1 Å². The fraction of sp³-hybridized carbons (Fsp3) is 0.435. The van der Waals surface area contributed by atoms with Crippen LogP contribution >= 0.6 is 20.2 Å². The first-order chi connectivity index (χ1) is 14.2. The predicted octanol–water partition coefficient (Wildman–Crippen LogP) is 6.58. The number of nitrogens with zero attached hydrogens (tertiary/aromatic N) is 4. The summed E-state index contributed by atoms with van der Waals surface area (Å²) in [6, 6.07) is 18.2. The van der Waals surface area contributed by atoms with Crippen LogP contribution in [0, 0.1) is 13.0 Å². The number of hydrogen-bond acceptors (Lipinski definition) is 3. The molecule has 0 radical (unpaired) electrons. The van der Waals surface area contributed by atoms with E-state index in [1.54, 1.807) is 6.34 Å². The van der Waals surface area contributed by atoms with Crippen LogP contribution in [0.4, 0.5) is 5.69 Å². The van der Waals surface area contributed by atoms with Gasteiger partial charge in [0.05, 0.1) is 0 Å². The first-order valence-electron chi connectivity index (χ1n) is 9.88. The van der Waals surface area contributed by atoms with Crippen molar-refractivity contribution < 1.29 is 42.0 Å². The van der Waals surface area contributed by atoms with Crippen molar-refractivity contribution in [3.8, 4) is 0 Å².